The summed E-state index contributed by atoms with van der Waals surface area (Å²) in [5.74, 6) is 0.919. The number of carbonyl (C=O) groups is 1. The number of amides is 1. The number of likely N-dealkylation sites (N-methyl/N-ethyl adjacent to an activating group) is 1. The molecule has 3 aromatic rings. The first kappa shape index (κ1) is 28.2. The van der Waals surface area contributed by atoms with Crippen molar-refractivity contribution in [1.82, 2.24) is 19.8 Å². The van der Waals surface area contributed by atoms with Crippen molar-refractivity contribution < 1.29 is 19.7 Å². The molecular formula is C33H42N6O4. The van der Waals surface area contributed by atoms with Crippen molar-refractivity contribution in [3.8, 4) is 6.01 Å². The number of aryl methyl sites for hydroxylation is 1. The van der Waals surface area contributed by atoms with Crippen LogP contribution in [-0.4, -0.2) is 101 Å². The zero-order valence-electron chi connectivity index (χ0n) is 25.0. The van der Waals surface area contributed by atoms with Crippen LogP contribution >= 0.6 is 0 Å². The number of piperazine rings is 1. The Balaban J connectivity index is 1.22. The maximum atomic E-state index is 12.0. The highest BCUT2D eigenvalue weighted by Gasteiger charge is 2.44. The lowest BCUT2D eigenvalue weighted by atomic mass is 9.97. The number of likely N-dealkylation sites (tertiary alicyclic amines) is 1. The molecule has 1 aromatic heterocycles. The molecule has 10 heteroatoms. The Morgan fingerprint density at radius 3 is 2.53 bits per heavy atom. The smallest absolute Gasteiger partial charge is 0.407 e. The molecule has 5 heterocycles. The normalized spacial score (nSPS) is 23.7. The topological polar surface area (TPSA) is 106 Å². The molecule has 0 radical (unpaired) electrons. The third-order valence-electron chi connectivity index (χ3n) is 10.0. The number of rotatable bonds is 8. The van der Waals surface area contributed by atoms with Gasteiger partial charge in [0.05, 0.1) is 24.3 Å². The summed E-state index contributed by atoms with van der Waals surface area (Å²) >= 11 is 0. The predicted octanol–water partition coefficient (Wildman–Crippen LogP) is 3.92. The minimum atomic E-state index is -0.814. The quantitative estimate of drug-likeness (QED) is 0.406. The molecule has 0 spiro atoms. The van der Waals surface area contributed by atoms with Crippen LogP contribution in [-0.2, 0) is 19.4 Å². The van der Waals surface area contributed by atoms with E-state index in [-0.39, 0.29) is 18.7 Å². The van der Waals surface area contributed by atoms with E-state index in [0.717, 1.165) is 68.7 Å². The lowest BCUT2D eigenvalue weighted by molar-refractivity contribution is 0.114. The lowest BCUT2D eigenvalue weighted by Gasteiger charge is -2.41. The first-order chi connectivity index (χ1) is 21.0. The van der Waals surface area contributed by atoms with Gasteiger partial charge in [-0.1, -0.05) is 30.3 Å². The van der Waals surface area contributed by atoms with Gasteiger partial charge in [0.2, 0.25) is 0 Å². The van der Waals surface area contributed by atoms with Gasteiger partial charge in [-0.2, -0.15) is 9.97 Å². The molecule has 1 amide bonds. The van der Waals surface area contributed by atoms with Crippen LogP contribution < -0.4 is 14.5 Å². The Hall–Kier alpha value is -3.63. The third-order valence-corrected chi connectivity index (χ3v) is 10.0. The van der Waals surface area contributed by atoms with E-state index in [4.69, 9.17) is 14.7 Å². The maximum Gasteiger partial charge on any atom is 0.407 e. The standard InChI is InChI=1S/C33H42N6O4/c1-36-15-4-10-26(36)21-43-32-34-28-20-37(29-11-3-8-22-6-2-7-23(30(22)29)9-5-17-40)16-14-27(28)31(35-32)38-18-24-12-13-25(19-38)39(24)33(41)42/h2-3,6-8,11,24-26,40H,4-5,9-10,12-21H2,1H3,(H,41,42)/t24-,25+,26-/m0/s1. The van der Waals surface area contributed by atoms with E-state index in [2.05, 4.69) is 58.1 Å². The average Bonchev–Trinajstić information content (AvgIpc) is 3.56. The molecule has 3 atom stereocenters. The van der Waals surface area contributed by atoms with Gasteiger partial charge >= 0.3 is 12.1 Å². The third kappa shape index (κ3) is 5.35. The van der Waals surface area contributed by atoms with Crippen molar-refractivity contribution in [3.05, 3.63) is 53.2 Å². The monoisotopic (exact) mass is 586 g/mol. The number of hydrogen-bond acceptors (Lipinski definition) is 8. The van der Waals surface area contributed by atoms with Gasteiger partial charge in [-0.05, 0) is 75.6 Å². The Labute approximate surface area is 252 Å². The van der Waals surface area contributed by atoms with E-state index in [1.807, 2.05) is 0 Å². The van der Waals surface area contributed by atoms with Gasteiger partial charge in [0.15, 0.2) is 0 Å². The highest BCUT2D eigenvalue weighted by molar-refractivity contribution is 5.97. The van der Waals surface area contributed by atoms with Crippen LogP contribution in [0.4, 0.5) is 16.3 Å². The van der Waals surface area contributed by atoms with Gasteiger partial charge < -0.3 is 29.6 Å². The van der Waals surface area contributed by atoms with Gasteiger partial charge in [0, 0.05) is 48.9 Å². The second kappa shape index (κ2) is 11.8. The summed E-state index contributed by atoms with van der Waals surface area (Å²) in [6.45, 7) is 4.62. The molecule has 0 unspecified atom stereocenters. The molecule has 0 saturated carbocycles. The van der Waals surface area contributed by atoms with Gasteiger partial charge in [-0.3, -0.25) is 4.90 Å². The SMILES string of the molecule is CN1CCC[C@H]1COc1nc2c(c(N3C[C@H]4CC[C@@H](C3)N4C(=O)O)n1)CCN(c1cccc3cccc(CCCO)c13)C2. The van der Waals surface area contributed by atoms with Crippen molar-refractivity contribution >= 4 is 28.4 Å². The van der Waals surface area contributed by atoms with Gasteiger partial charge in [-0.15, -0.1) is 0 Å². The van der Waals surface area contributed by atoms with Crippen LogP contribution in [0, 0.1) is 0 Å². The number of benzene rings is 2. The summed E-state index contributed by atoms with van der Waals surface area (Å²) in [5, 5.41) is 21.8. The van der Waals surface area contributed by atoms with Gasteiger partial charge in [0.1, 0.15) is 12.4 Å². The fraction of sp³-hybridized carbons (Fsp3) is 0.545. The summed E-state index contributed by atoms with van der Waals surface area (Å²) in [4.78, 5) is 30.7. The second-order valence-corrected chi connectivity index (χ2v) is 12.6. The Kier molecular flexibility index (Phi) is 7.73. The molecule has 2 bridgehead atoms. The summed E-state index contributed by atoms with van der Waals surface area (Å²) in [6, 6.07) is 13.7. The molecule has 43 heavy (non-hydrogen) atoms. The summed E-state index contributed by atoms with van der Waals surface area (Å²) < 4.78 is 6.32. The first-order valence-electron chi connectivity index (χ1n) is 15.9. The molecular weight excluding hydrogens is 544 g/mol. The first-order valence-corrected chi connectivity index (χ1v) is 15.9. The molecule has 10 nitrogen and oxygen atoms in total. The molecule has 3 saturated heterocycles. The van der Waals surface area contributed by atoms with Crippen molar-refractivity contribution in [2.75, 3.05) is 56.2 Å². The van der Waals surface area contributed by atoms with Gasteiger partial charge in [0.25, 0.3) is 0 Å². The van der Waals surface area contributed by atoms with Crippen molar-refractivity contribution in [1.29, 1.82) is 0 Å². The number of anilines is 2. The zero-order chi connectivity index (χ0) is 29.5. The average molecular weight is 587 g/mol. The molecule has 3 fully saturated rings. The maximum absolute atomic E-state index is 12.0. The van der Waals surface area contributed by atoms with E-state index in [0.29, 0.717) is 38.3 Å². The molecule has 2 aromatic carbocycles. The number of aromatic nitrogens is 2. The van der Waals surface area contributed by atoms with E-state index in [1.165, 1.54) is 28.4 Å². The van der Waals surface area contributed by atoms with Gasteiger partial charge in [-0.25, -0.2) is 4.79 Å². The van der Waals surface area contributed by atoms with E-state index in [1.54, 1.807) is 4.90 Å². The number of nitrogens with zero attached hydrogens (tertiary/aromatic N) is 6. The fourth-order valence-electron chi connectivity index (χ4n) is 7.81. The summed E-state index contributed by atoms with van der Waals surface area (Å²) in [6.07, 6.45) is 5.64. The van der Waals surface area contributed by atoms with Crippen LogP contribution in [0.5, 0.6) is 6.01 Å². The number of carboxylic acid groups (broad SMARTS) is 1. The van der Waals surface area contributed by atoms with E-state index >= 15 is 0 Å². The molecule has 4 aliphatic heterocycles. The number of ether oxygens (including phenoxy) is 1. The van der Waals surface area contributed by atoms with Crippen LogP contribution in [0.15, 0.2) is 36.4 Å². The zero-order valence-corrected chi connectivity index (χ0v) is 25.0. The Bertz CT molecular complexity index is 1480. The highest BCUT2D eigenvalue weighted by atomic mass is 16.5. The molecule has 2 N–H and O–H groups in total. The number of aliphatic hydroxyl groups is 1. The van der Waals surface area contributed by atoms with Crippen LogP contribution in [0.25, 0.3) is 10.8 Å². The Morgan fingerprint density at radius 2 is 1.81 bits per heavy atom. The number of hydrogen-bond donors (Lipinski definition) is 2. The van der Waals surface area contributed by atoms with Crippen LogP contribution in [0.1, 0.15) is 48.9 Å². The largest absolute Gasteiger partial charge is 0.465 e. The fourth-order valence-corrected chi connectivity index (χ4v) is 7.81. The van der Waals surface area contributed by atoms with Crippen molar-refractivity contribution in [3.63, 3.8) is 0 Å². The predicted molar refractivity (Wildman–Crippen MR) is 166 cm³/mol. The molecule has 7 rings (SSSR count). The van der Waals surface area contributed by atoms with E-state index in [9.17, 15) is 15.0 Å². The molecule has 4 aliphatic rings. The van der Waals surface area contributed by atoms with Crippen LogP contribution in [0.2, 0.25) is 0 Å². The van der Waals surface area contributed by atoms with Crippen molar-refractivity contribution in [2.24, 2.45) is 0 Å². The number of aliphatic hydroxyl groups excluding tert-OH is 1. The van der Waals surface area contributed by atoms with E-state index < -0.39 is 6.09 Å². The summed E-state index contributed by atoms with van der Waals surface area (Å²) in [7, 11) is 2.15. The van der Waals surface area contributed by atoms with Crippen molar-refractivity contribution in [2.45, 2.75) is 69.6 Å². The molecule has 228 valence electrons. The molecule has 0 aliphatic carbocycles. The minimum absolute atomic E-state index is 0.00788. The Morgan fingerprint density at radius 1 is 1.02 bits per heavy atom. The lowest BCUT2D eigenvalue weighted by Crippen LogP contribution is -2.56. The summed E-state index contributed by atoms with van der Waals surface area (Å²) in [5.41, 5.74) is 4.60. The van der Waals surface area contributed by atoms with Crippen LogP contribution in [0.3, 0.4) is 0 Å². The second-order valence-electron chi connectivity index (χ2n) is 12.6. The minimum Gasteiger partial charge on any atom is -0.465 e. The highest BCUT2D eigenvalue weighted by Crippen LogP contribution is 2.38. The number of fused-ring (bicyclic) bond motifs is 4.